The van der Waals surface area contributed by atoms with Gasteiger partial charge < -0.3 is 25.1 Å². The predicted octanol–water partition coefficient (Wildman–Crippen LogP) is -0.148. The first-order valence-corrected chi connectivity index (χ1v) is 6.92. The van der Waals surface area contributed by atoms with Gasteiger partial charge in [0.1, 0.15) is 11.9 Å². The molecule has 8 nitrogen and oxygen atoms in total. The second-order valence-corrected chi connectivity index (χ2v) is 4.82. The minimum atomic E-state index is -0.524. The van der Waals surface area contributed by atoms with Gasteiger partial charge >= 0.3 is 0 Å². The summed E-state index contributed by atoms with van der Waals surface area (Å²) in [6.45, 7) is 4.12. The Morgan fingerprint density at radius 1 is 1.62 bits per heavy atom. The highest BCUT2D eigenvalue weighted by Gasteiger charge is 2.30. The number of morpholine rings is 1. The van der Waals surface area contributed by atoms with Crippen LogP contribution in [0.2, 0.25) is 0 Å². The van der Waals surface area contributed by atoms with Gasteiger partial charge in [0.25, 0.3) is 0 Å². The van der Waals surface area contributed by atoms with E-state index in [-0.39, 0.29) is 6.61 Å². The molecule has 8 heteroatoms. The highest BCUT2D eigenvalue weighted by molar-refractivity contribution is 5.85. The van der Waals surface area contributed by atoms with Gasteiger partial charge in [0.2, 0.25) is 5.91 Å². The van der Waals surface area contributed by atoms with Crippen LogP contribution >= 0.6 is 0 Å². The number of ether oxygens (including phenoxy) is 1. The van der Waals surface area contributed by atoms with E-state index in [0.717, 1.165) is 12.4 Å². The molecule has 0 radical (unpaired) electrons. The number of hydrogen-bond acceptors (Lipinski definition) is 6. The summed E-state index contributed by atoms with van der Waals surface area (Å²) in [6.07, 6.45) is 5.42. The number of primary amides is 1. The van der Waals surface area contributed by atoms with E-state index in [1.165, 1.54) is 0 Å². The monoisotopic (exact) mass is 290 g/mol. The minimum Gasteiger partial charge on any atom is -0.377 e. The zero-order valence-corrected chi connectivity index (χ0v) is 11.8. The van der Waals surface area contributed by atoms with Crippen molar-refractivity contribution in [1.29, 1.82) is 0 Å². The average Bonchev–Trinajstić information content (AvgIpc) is 2.95. The maximum Gasteiger partial charge on any atom is 0.242 e. The molecular formula is C13H18N6O2. The number of anilines is 2. The number of rotatable bonds is 4. The van der Waals surface area contributed by atoms with E-state index in [9.17, 15) is 4.79 Å². The lowest BCUT2D eigenvalue weighted by atomic mass is 10.2. The van der Waals surface area contributed by atoms with Crippen LogP contribution < -0.4 is 16.0 Å². The number of carbonyl (C=O) groups excluding carboxylic acids is 1. The number of imidazole rings is 1. The minimum absolute atomic E-state index is 0.273. The van der Waals surface area contributed by atoms with Gasteiger partial charge in [-0.2, -0.15) is 0 Å². The zero-order chi connectivity index (χ0) is 14.8. The number of amides is 1. The summed E-state index contributed by atoms with van der Waals surface area (Å²) in [5, 5.41) is 3.18. The molecule has 3 N–H and O–H groups in total. The van der Waals surface area contributed by atoms with Gasteiger partial charge in [0.05, 0.1) is 19.4 Å². The van der Waals surface area contributed by atoms with Crippen molar-refractivity contribution in [2.24, 2.45) is 5.73 Å². The first-order chi connectivity index (χ1) is 10.2. The summed E-state index contributed by atoms with van der Waals surface area (Å²) in [6, 6.07) is -0.524. The van der Waals surface area contributed by atoms with Crippen molar-refractivity contribution in [1.82, 2.24) is 14.4 Å². The van der Waals surface area contributed by atoms with Gasteiger partial charge in [0, 0.05) is 25.5 Å². The van der Waals surface area contributed by atoms with Crippen LogP contribution in [0.3, 0.4) is 0 Å². The number of hydrogen-bond donors (Lipinski definition) is 2. The van der Waals surface area contributed by atoms with Crippen LogP contribution in [-0.2, 0) is 9.53 Å². The SMILES string of the molecule is CCNc1cn2ccnc2c(N2CCOCC2C(N)=O)n1. The fourth-order valence-corrected chi connectivity index (χ4v) is 2.47. The number of nitrogens with zero attached hydrogens (tertiary/aromatic N) is 4. The fourth-order valence-electron chi connectivity index (χ4n) is 2.47. The molecule has 3 heterocycles. The molecule has 3 rings (SSSR count). The Hall–Kier alpha value is -2.35. The Morgan fingerprint density at radius 3 is 3.24 bits per heavy atom. The Labute approximate surface area is 121 Å². The summed E-state index contributed by atoms with van der Waals surface area (Å²) >= 11 is 0. The molecule has 0 aromatic carbocycles. The first-order valence-electron chi connectivity index (χ1n) is 6.92. The van der Waals surface area contributed by atoms with E-state index in [1.807, 2.05) is 28.6 Å². The van der Waals surface area contributed by atoms with Crippen LogP contribution in [-0.4, -0.2) is 52.6 Å². The second kappa shape index (κ2) is 5.57. The summed E-state index contributed by atoms with van der Waals surface area (Å²) in [7, 11) is 0. The lowest BCUT2D eigenvalue weighted by Crippen LogP contribution is -2.53. The van der Waals surface area contributed by atoms with E-state index in [0.29, 0.717) is 24.6 Å². The van der Waals surface area contributed by atoms with Gasteiger partial charge in [-0.05, 0) is 6.92 Å². The molecule has 1 saturated heterocycles. The van der Waals surface area contributed by atoms with Gasteiger partial charge in [-0.3, -0.25) is 4.79 Å². The lowest BCUT2D eigenvalue weighted by Gasteiger charge is -2.34. The third kappa shape index (κ3) is 2.49. The fraction of sp³-hybridized carbons (Fsp3) is 0.462. The molecule has 2 aromatic heterocycles. The molecule has 1 amide bonds. The summed E-state index contributed by atoms with van der Waals surface area (Å²) in [5.41, 5.74) is 6.18. The van der Waals surface area contributed by atoms with Crippen molar-refractivity contribution >= 4 is 23.2 Å². The summed E-state index contributed by atoms with van der Waals surface area (Å²) in [4.78, 5) is 22.4. The molecule has 1 aliphatic rings. The molecule has 0 spiro atoms. The van der Waals surface area contributed by atoms with Crippen molar-refractivity contribution in [3.63, 3.8) is 0 Å². The van der Waals surface area contributed by atoms with Crippen LogP contribution in [0.25, 0.3) is 5.65 Å². The molecule has 21 heavy (non-hydrogen) atoms. The van der Waals surface area contributed by atoms with Crippen molar-refractivity contribution < 1.29 is 9.53 Å². The molecule has 1 atom stereocenters. The van der Waals surface area contributed by atoms with Crippen LogP contribution in [0.15, 0.2) is 18.6 Å². The van der Waals surface area contributed by atoms with E-state index in [2.05, 4.69) is 15.3 Å². The molecule has 2 aromatic rings. The molecule has 1 aliphatic heterocycles. The van der Waals surface area contributed by atoms with Crippen molar-refractivity contribution in [3.05, 3.63) is 18.6 Å². The standard InChI is InChI=1S/C13H18N6O2/c1-2-15-10-7-18-4-3-16-12(18)13(17-10)19-5-6-21-8-9(19)11(14)20/h3-4,7,9,15H,2,5-6,8H2,1H3,(H2,14,20). The van der Waals surface area contributed by atoms with Crippen LogP contribution in [0.5, 0.6) is 0 Å². The predicted molar refractivity (Wildman–Crippen MR) is 78.3 cm³/mol. The van der Waals surface area contributed by atoms with Gasteiger partial charge in [-0.25, -0.2) is 9.97 Å². The summed E-state index contributed by atoms with van der Waals surface area (Å²) < 4.78 is 7.24. The van der Waals surface area contributed by atoms with Crippen LogP contribution in [0.1, 0.15) is 6.92 Å². The van der Waals surface area contributed by atoms with Crippen molar-refractivity contribution in [2.75, 3.05) is 36.5 Å². The van der Waals surface area contributed by atoms with Gasteiger partial charge in [0.15, 0.2) is 11.5 Å². The van der Waals surface area contributed by atoms with Crippen LogP contribution in [0.4, 0.5) is 11.6 Å². The average molecular weight is 290 g/mol. The zero-order valence-electron chi connectivity index (χ0n) is 11.8. The molecule has 1 fully saturated rings. The second-order valence-electron chi connectivity index (χ2n) is 4.82. The first kappa shape index (κ1) is 13.6. The number of nitrogens with one attached hydrogen (secondary N) is 1. The third-order valence-corrected chi connectivity index (χ3v) is 3.44. The Bertz CT molecular complexity index is 655. The highest BCUT2D eigenvalue weighted by Crippen LogP contribution is 2.24. The molecular weight excluding hydrogens is 272 g/mol. The Kier molecular flexibility index (Phi) is 3.61. The molecule has 0 saturated carbocycles. The number of carbonyl (C=O) groups is 1. The summed E-state index contributed by atoms with van der Waals surface area (Å²) in [5.74, 6) is 0.952. The number of fused-ring (bicyclic) bond motifs is 1. The topological polar surface area (TPSA) is 97.8 Å². The van der Waals surface area contributed by atoms with Crippen molar-refractivity contribution in [2.45, 2.75) is 13.0 Å². The highest BCUT2D eigenvalue weighted by atomic mass is 16.5. The molecule has 1 unspecified atom stereocenters. The Morgan fingerprint density at radius 2 is 2.48 bits per heavy atom. The smallest absolute Gasteiger partial charge is 0.242 e. The molecule has 112 valence electrons. The quantitative estimate of drug-likeness (QED) is 0.813. The molecule has 0 aliphatic carbocycles. The normalized spacial score (nSPS) is 18.9. The van der Waals surface area contributed by atoms with Gasteiger partial charge in [-0.15, -0.1) is 0 Å². The van der Waals surface area contributed by atoms with E-state index < -0.39 is 11.9 Å². The third-order valence-electron chi connectivity index (χ3n) is 3.44. The van der Waals surface area contributed by atoms with Crippen LogP contribution in [0, 0.1) is 0 Å². The van der Waals surface area contributed by atoms with E-state index in [1.54, 1.807) is 6.20 Å². The largest absolute Gasteiger partial charge is 0.377 e. The lowest BCUT2D eigenvalue weighted by molar-refractivity contribution is -0.121. The maximum absolute atomic E-state index is 11.7. The number of aromatic nitrogens is 3. The molecule has 0 bridgehead atoms. The Balaban J connectivity index is 2.08. The number of nitrogens with two attached hydrogens (primary N) is 1. The van der Waals surface area contributed by atoms with E-state index in [4.69, 9.17) is 10.5 Å². The van der Waals surface area contributed by atoms with E-state index >= 15 is 0 Å². The maximum atomic E-state index is 11.7. The van der Waals surface area contributed by atoms with Gasteiger partial charge in [-0.1, -0.05) is 0 Å². The van der Waals surface area contributed by atoms with Crippen molar-refractivity contribution in [3.8, 4) is 0 Å².